The van der Waals surface area contributed by atoms with Crippen LogP contribution in [-0.4, -0.2) is 22.3 Å². The molecule has 1 unspecified atom stereocenters. The van der Waals surface area contributed by atoms with Gasteiger partial charge in [-0.3, -0.25) is 0 Å². The number of halogens is 1. The summed E-state index contributed by atoms with van der Waals surface area (Å²) < 4.78 is 5.36. The molecule has 0 amide bonds. The van der Waals surface area contributed by atoms with E-state index < -0.39 is 23.6 Å². The summed E-state index contributed by atoms with van der Waals surface area (Å²) in [5.74, 6) is -1.98. The number of ether oxygens (including phenoxy) is 1. The maximum absolute atomic E-state index is 10.7. The molecule has 0 fully saturated rings. The average molecular weight is 282 g/mol. The summed E-state index contributed by atoms with van der Waals surface area (Å²) in [6.07, 6.45) is -0.441. The molecule has 0 aromatic heterocycles. The molecule has 1 heterocycles. The Balaban J connectivity index is 2.73. The van der Waals surface area contributed by atoms with E-state index in [-0.39, 0.29) is 0 Å². The minimum Gasteiger partial charge on any atom is -0.505 e. The van der Waals surface area contributed by atoms with Gasteiger partial charge in [0.25, 0.3) is 0 Å². The van der Waals surface area contributed by atoms with Gasteiger partial charge in [-0.05, 0) is 26.2 Å². The lowest BCUT2D eigenvalue weighted by molar-refractivity contribution is -0.142. The van der Waals surface area contributed by atoms with Crippen LogP contribution in [-0.2, 0) is 9.53 Å². The van der Waals surface area contributed by atoms with Crippen molar-refractivity contribution in [3.8, 4) is 0 Å². The Bertz CT molecular complexity index is 269. The highest BCUT2D eigenvalue weighted by molar-refractivity contribution is 14.1. The number of carbonyl (C=O) groups is 1. The molecule has 0 radical (unpaired) electrons. The van der Waals surface area contributed by atoms with Crippen LogP contribution in [0, 0.1) is 0 Å². The van der Waals surface area contributed by atoms with Crippen molar-refractivity contribution in [3.05, 3.63) is 21.7 Å². The van der Waals surface area contributed by atoms with Crippen LogP contribution in [0.25, 0.3) is 0 Å². The molecule has 2 N–H and O–H groups in total. The van der Waals surface area contributed by atoms with E-state index in [9.17, 15) is 4.79 Å². The van der Waals surface area contributed by atoms with Crippen molar-refractivity contribution in [2.45, 2.75) is 12.5 Å². The average Bonchev–Trinajstić information content (AvgIpc) is 2.17. The molecule has 0 saturated carbocycles. The predicted molar refractivity (Wildman–Crippen MR) is 49.9 cm³/mol. The second kappa shape index (κ2) is 3.34. The standard InChI is InChI=1S/C7H7IO4/c1-3(8)2-4-5(9)6(10)7(11)12-4/h4,9-10H,1-2H2. The Morgan fingerprint density at radius 3 is 2.58 bits per heavy atom. The summed E-state index contributed by atoms with van der Waals surface area (Å²) >= 11 is 1.96. The Kier molecular flexibility index (Phi) is 2.61. The maximum Gasteiger partial charge on any atom is 0.377 e. The van der Waals surface area contributed by atoms with Gasteiger partial charge in [0.05, 0.1) is 0 Å². The summed E-state index contributed by atoms with van der Waals surface area (Å²) in [6, 6.07) is 0. The van der Waals surface area contributed by atoms with Crippen LogP contribution in [0.4, 0.5) is 0 Å². The first-order valence-electron chi connectivity index (χ1n) is 3.18. The van der Waals surface area contributed by atoms with E-state index in [4.69, 9.17) is 10.2 Å². The minimum absolute atomic E-state index is 0.322. The van der Waals surface area contributed by atoms with Gasteiger partial charge >= 0.3 is 5.97 Å². The predicted octanol–water partition coefficient (Wildman–Crippen LogP) is 1.58. The number of hydrogen-bond donors (Lipinski definition) is 2. The van der Waals surface area contributed by atoms with Crippen LogP contribution in [0.3, 0.4) is 0 Å². The van der Waals surface area contributed by atoms with Crippen molar-refractivity contribution < 1.29 is 19.7 Å². The number of carbonyl (C=O) groups excluding carboxylic acids is 1. The monoisotopic (exact) mass is 282 g/mol. The number of hydrogen-bond acceptors (Lipinski definition) is 4. The molecule has 0 spiro atoms. The van der Waals surface area contributed by atoms with E-state index in [2.05, 4.69) is 11.3 Å². The third kappa shape index (κ3) is 1.71. The zero-order valence-corrected chi connectivity index (χ0v) is 8.24. The van der Waals surface area contributed by atoms with E-state index in [0.717, 1.165) is 3.58 Å². The van der Waals surface area contributed by atoms with Gasteiger partial charge in [-0.2, -0.15) is 0 Å². The van der Waals surface area contributed by atoms with E-state index >= 15 is 0 Å². The largest absolute Gasteiger partial charge is 0.505 e. The molecule has 4 nitrogen and oxygen atoms in total. The molecule has 0 aromatic carbocycles. The Morgan fingerprint density at radius 1 is 1.67 bits per heavy atom. The molecule has 12 heavy (non-hydrogen) atoms. The molecule has 1 aliphatic rings. The van der Waals surface area contributed by atoms with E-state index in [0.29, 0.717) is 6.42 Å². The molecular formula is C7H7IO4. The molecule has 66 valence electrons. The summed E-state index contributed by atoms with van der Waals surface area (Å²) in [5, 5.41) is 18.0. The fourth-order valence-electron chi connectivity index (χ4n) is 0.837. The highest BCUT2D eigenvalue weighted by Gasteiger charge is 2.34. The van der Waals surface area contributed by atoms with Gasteiger partial charge in [-0.25, -0.2) is 4.79 Å². The molecule has 0 aromatic rings. The lowest BCUT2D eigenvalue weighted by Gasteiger charge is -2.07. The Hall–Kier alpha value is -0.720. The van der Waals surface area contributed by atoms with E-state index in [1.54, 1.807) is 0 Å². The van der Waals surface area contributed by atoms with Crippen LogP contribution in [0.5, 0.6) is 0 Å². The summed E-state index contributed by atoms with van der Waals surface area (Å²) in [5.41, 5.74) is 0. The third-order valence-corrected chi connectivity index (χ3v) is 1.84. The molecule has 1 atom stereocenters. The van der Waals surface area contributed by atoms with Crippen molar-refractivity contribution in [3.63, 3.8) is 0 Å². The first-order chi connectivity index (χ1) is 5.52. The van der Waals surface area contributed by atoms with Crippen LogP contribution in [0.2, 0.25) is 0 Å². The maximum atomic E-state index is 10.7. The topological polar surface area (TPSA) is 66.8 Å². The van der Waals surface area contributed by atoms with Crippen LogP contribution >= 0.6 is 22.6 Å². The summed E-state index contributed by atoms with van der Waals surface area (Å²) in [6.45, 7) is 3.58. The van der Waals surface area contributed by atoms with Crippen molar-refractivity contribution in [1.29, 1.82) is 0 Å². The molecule has 5 heteroatoms. The first kappa shape index (κ1) is 9.37. The summed E-state index contributed by atoms with van der Waals surface area (Å²) in [7, 11) is 0. The molecule has 0 saturated heterocycles. The number of cyclic esters (lactones) is 1. The summed E-state index contributed by atoms with van der Waals surface area (Å²) in [4.78, 5) is 10.7. The van der Waals surface area contributed by atoms with Crippen LogP contribution < -0.4 is 0 Å². The van der Waals surface area contributed by atoms with Crippen molar-refractivity contribution in [2.75, 3.05) is 0 Å². The molecule has 1 aliphatic heterocycles. The minimum atomic E-state index is -0.879. The third-order valence-electron chi connectivity index (χ3n) is 1.40. The molecule has 0 aliphatic carbocycles. The van der Waals surface area contributed by atoms with Gasteiger partial charge in [0, 0.05) is 6.42 Å². The van der Waals surface area contributed by atoms with Gasteiger partial charge in [-0.1, -0.05) is 6.58 Å². The van der Waals surface area contributed by atoms with Crippen LogP contribution in [0.15, 0.2) is 21.7 Å². The highest BCUT2D eigenvalue weighted by Crippen LogP contribution is 2.25. The van der Waals surface area contributed by atoms with Gasteiger partial charge in [0.15, 0.2) is 11.9 Å². The fourth-order valence-corrected chi connectivity index (χ4v) is 1.24. The van der Waals surface area contributed by atoms with Gasteiger partial charge < -0.3 is 14.9 Å². The normalized spacial score (nSPS) is 22.8. The van der Waals surface area contributed by atoms with Gasteiger partial charge in [0.1, 0.15) is 0 Å². The molecule has 0 bridgehead atoms. The lowest BCUT2D eigenvalue weighted by atomic mass is 10.2. The fraction of sp³-hybridized carbons (Fsp3) is 0.286. The number of aliphatic hydroxyl groups is 2. The second-order valence-electron chi connectivity index (χ2n) is 2.35. The van der Waals surface area contributed by atoms with E-state index in [1.807, 2.05) is 22.6 Å². The molecule has 1 rings (SSSR count). The van der Waals surface area contributed by atoms with E-state index in [1.165, 1.54) is 0 Å². The van der Waals surface area contributed by atoms with Crippen LogP contribution in [0.1, 0.15) is 6.42 Å². The first-order valence-corrected chi connectivity index (χ1v) is 4.26. The zero-order chi connectivity index (χ0) is 9.30. The van der Waals surface area contributed by atoms with Crippen molar-refractivity contribution in [2.24, 2.45) is 0 Å². The molecular weight excluding hydrogens is 275 g/mol. The number of esters is 1. The number of rotatable bonds is 2. The highest BCUT2D eigenvalue weighted by atomic mass is 127. The Morgan fingerprint density at radius 2 is 2.25 bits per heavy atom. The lowest BCUT2D eigenvalue weighted by Crippen LogP contribution is -2.11. The van der Waals surface area contributed by atoms with Crippen molar-refractivity contribution >= 4 is 28.6 Å². The Labute approximate surface area is 82.7 Å². The quantitative estimate of drug-likeness (QED) is 0.596. The number of aliphatic hydroxyl groups excluding tert-OH is 2. The smallest absolute Gasteiger partial charge is 0.377 e. The van der Waals surface area contributed by atoms with Gasteiger partial charge in [-0.15, -0.1) is 0 Å². The second-order valence-corrected chi connectivity index (χ2v) is 3.87. The van der Waals surface area contributed by atoms with Crippen molar-refractivity contribution in [1.82, 2.24) is 0 Å². The SMILES string of the molecule is C=C(I)CC1OC(=O)C(O)=C1O. The zero-order valence-electron chi connectivity index (χ0n) is 6.08. The van der Waals surface area contributed by atoms with Gasteiger partial charge in [0.2, 0.25) is 5.76 Å².